The van der Waals surface area contributed by atoms with Crippen LogP contribution in [-0.2, 0) is 0 Å². The van der Waals surface area contributed by atoms with Crippen LogP contribution in [0.3, 0.4) is 0 Å². The Morgan fingerprint density at radius 2 is 2.04 bits per heavy atom. The van der Waals surface area contributed by atoms with Gasteiger partial charge in [-0.05, 0) is 11.6 Å². The number of guanidine groups is 1. The first-order valence-electron chi connectivity index (χ1n) is 7.09. The molecule has 114 valence electrons. The standard InChI is InChI=1S/C17H14N4O2/c1-18-12-7-8-13(22)15(14(12)11-5-3-2-4-6-11)16(23)21-17-19-9-10-20-17/h2-8,22H,9-10H2,(H2,19,20,21,23). The molecule has 2 aromatic rings. The van der Waals surface area contributed by atoms with Crippen molar-refractivity contribution in [3.8, 4) is 16.9 Å². The van der Waals surface area contributed by atoms with Crippen LogP contribution in [0.2, 0.25) is 0 Å². The lowest BCUT2D eigenvalue weighted by Gasteiger charge is -2.14. The number of aromatic hydroxyl groups is 1. The molecule has 2 aromatic carbocycles. The number of rotatable bonds is 2. The normalized spacial score (nSPS) is 12.9. The van der Waals surface area contributed by atoms with Gasteiger partial charge in [0.2, 0.25) is 0 Å². The van der Waals surface area contributed by atoms with Crippen molar-refractivity contribution in [1.29, 1.82) is 0 Å². The zero-order valence-electron chi connectivity index (χ0n) is 12.2. The highest BCUT2D eigenvalue weighted by molar-refractivity contribution is 6.12. The molecule has 0 bridgehead atoms. The van der Waals surface area contributed by atoms with E-state index in [4.69, 9.17) is 6.57 Å². The van der Waals surface area contributed by atoms with E-state index >= 15 is 0 Å². The second-order valence-corrected chi connectivity index (χ2v) is 4.94. The Bertz CT molecular complexity index is 822. The lowest BCUT2D eigenvalue weighted by Crippen LogP contribution is -2.38. The third kappa shape index (κ3) is 2.85. The number of phenols is 1. The fourth-order valence-electron chi connectivity index (χ4n) is 2.45. The van der Waals surface area contributed by atoms with Crippen LogP contribution >= 0.6 is 0 Å². The molecule has 6 nitrogen and oxygen atoms in total. The summed E-state index contributed by atoms with van der Waals surface area (Å²) in [4.78, 5) is 20.2. The molecule has 1 aliphatic rings. The maximum atomic E-state index is 12.6. The highest BCUT2D eigenvalue weighted by Gasteiger charge is 2.22. The molecule has 0 fully saturated rings. The molecular weight excluding hydrogens is 292 g/mol. The smallest absolute Gasteiger partial charge is 0.261 e. The van der Waals surface area contributed by atoms with Gasteiger partial charge in [-0.3, -0.25) is 15.1 Å². The average molecular weight is 306 g/mol. The van der Waals surface area contributed by atoms with Gasteiger partial charge in [0, 0.05) is 12.1 Å². The van der Waals surface area contributed by atoms with Gasteiger partial charge in [0.1, 0.15) is 5.75 Å². The monoisotopic (exact) mass is 306 g/mol. The number of aliphatic imine (C=N–C) groups is 1. The van der Waals surface area contributed by atoms with Crippen LogP contribution in [0.1, 0.15) is 10.4 Å². The molecule has 3 rings (SSSR count). The van der Waals surface area contributed by atoms with E-state index in [0.717, 1.165) is 0 Å². The second kappa shape index (κ2) is 6.20. The molecular formula is C17H14N4O2. The molecule has 3 N–H and O–H groups in total. The third-order valence-corrected chi connectivity index (χ3v) is 3.48. The maximum absolute atomic E-state index is 12.6. The molecule has 1 aliphatic heterocycles. The molecule has 0 radical (unpaired) electrons. The zero-order chi connectivity index (χ0) is 16.2. The van der Waals surface area contributed by atoms with E-state index < -0.39 is 5.91 Å². The summed E-state index contributed by atoms with van der Waals surface area (Å²) in [6.07, 6.45) is 0. The van der Waals surface area contributed by atoms with Crippen molar-refractivity contribution in [1.82, 2.24) is 10.6 Å². The highest BCUT2D eigenvalue weighted by Crippen LogP contribution is 2.38. The van der Waals surface area contributed by atoms with Crippen molar-refractivity contribution in [2.75, 3.05) is 13.1 Å². The molecule has 6 heteroatoms. The molecule has 0 saturated carbocycles. The maximum Gasteiger partial charge on any atom is 0.261 e. The van der Waals surface area contributed by atoms with Crippen LogP contribution in [0.5, 0.6) is 5.75 Å². The Morgan fingerprint density at radius 3 is 2.70 bits per heavy atom. The summed E-state index contributed by atoms with van der Waals surface area (Å²) in [5, 5.41) is 15.8. The molecule has 0 saturated heterocycles. The first-order chi connectivity index (χ1) is 11.2. The third-order valence-electron chi connectivity index (χ3n) is 3.48. The SMILES string of the molecule is [C-]#[N+]c1ccc(O)c(C(=O)NC2=NCCN2)c1-c1ccccc1. The predicted octanol–water partition coefficient (Wildman–Crippen LogP) is 2.30. The van der Waals surface area contributed by atoms with E-state index in [-0.39, 0.29) is 11.3 Å². The molecule has 0 unspecified atom stereocenters. The van der Waals surface area contributed by atoms with E-state index in [0.29, 0.717) is 35.9 Å². The first kappa shape index (κ1) is 14.6. The van der Waals surface area contributed by atoms with Crippen molar-refractivity contribution < 1.29 is 9.90 Å². The van der Waals surface area contributed by atoms with Crippen LogP contribution in [-0.4, -0.2) is 30.1 Å². The predicted molar refractivity (Wildman–Crippen MR) is 87.6 cm³/mol. The van der Waals surface area contributed by atoms with Crippen molar-refractivity contribution in [3.63, 3.8) is 0 Å². The van der Waals surface area contributed by atoms with E-state index in [1.165, 1.54) is 12.1 Å². The lowest BCUT2D eigenvalue weighted by atomic mass is 9.96. The largest absolute Gasteiger partial charge is 0.507 e. The van der Waals surface area contributed by atoms with Crippen molar-refractivity contribution >= 4 is 17.6 Å². The average Bonchev–Trinajstić information content (AvgIpc) is 3.08. The Balaban J connectivity index is 2.11. The second-order valence-electron chi connectivity index (χ2n) is 4.94. The van der Waals surface area contributed by atoms with Gasteiger partial charge in [0.15, 0.2) is 11.6 Å². The fourth-order valence-corrected chi connectivity index (χ4v) is 2.45. The summed E-state index contributed by atoms with van der Waals surface area (Å²) in [6.45, 7) is 8.60. The van der Waals surface area contributed by atoms with E-state index in [1.54, 1.807) is 12.1 Å². The minimum absolute atomic E-state index is 0.0705. The molecule has 1 amide bonds. The van der Waals surface area contributed by atoms with Crippen molar-refractivity contribution in [3.05, 3.63) is 59.4 Å². The van der Waals surface area contributed by atoms with Crippen LogP contribution in [0.4, 0.5) is 5.69 Å². The van der Waals surface area contributed by atoms with Gasteiger partial charge < -0.3 is 10.4 Å². The number of hydrogen-bond acceptors (Lipinski definition) is 4. The molecule has 0 aromatic heterocycles. The number of carbonyl (C=O) groups is 1. The van der Waals surface area contributed by atoms with Crippen LogP contribution in [0, 0.1) is 6.57 Å². The summed E-state index contributed by atoms with van der Waals surface area (Å²) in [5.41, 5.74) is 1.49. The quantitative estimate of drug-likeness (QED) is 0.745. The van der Waals surface area contributed by atoms with E-state index in [9.17, 15) is 9.90 Å². The summed E-state index contributed by atoms with van der Waals surface area (Å²) >= 11 is 0. The minimum atomic E-state index is -0.500. The lowest BCUT2D eigenvalue weighted by molar-refractivity contribution is 0.0974. The summed E-state index contributed by atoms with van der Waals surface area (Å²) in [6, 6.07) is 11.9. The first-order valence-corrected chi connectivity index (χ1v) is 7.09. The number of hydrogen-bond donors (Lipinski definition) is 3. The van der Waals surface area contributed by atoms with Crippen LogP contribution in [0.15, 0.2) is 47.5 Å². The van der Waals surface area contributed by atoms with Gasteiger partial charge in [0.25, 0.3) is 5.91 Å². The fraction of sp³-hybridized carbons (Fsp3) is 0.118. The van der Waals surface area contributed by atoms with Crippen molar-refractivity contribution in [2.24, 2.45) is 4.99 Å². The number of nitrogens with one attached hydrogen (secondary N) is 2. The Kier molecular flexibility index (Phi) is 3.93. The van der Waals surface area contributed by atoms with Gasteiger partial charge in [-0.25, -0.2) is 4.85 Å². The number of benzene rings is 2. The van der Waals surface area contributed by atoms with Gasteiger partial charge in [-0.1, -0.05) is 36.4 Å². The van der Waals surface area contributed by atoms with Gasteiger partial charge >= 0.3 is 0 Å². The van der Waals surface area contributed by atoms with E-state index in [1.807, 2.05) is 18.2 Å². The van der Waals surface area contributed by atoms with Crippen LogP contribution in [0.25, 0.3) is 16.0 Å². The molecule has 0 aliphatic carbocycles. The summed E-state index contributed by atoms with van der Waals surface area (Å²) in [7, 11) is 0. The Labute approximate surface area is 133 Å². The summed E-state index contributed by atoms with van der Waals surface area (Å²) < 4.78 is 0. The van der Waals surface area contributed by atoms with Crippen molar-refractivity contribution in [2.45, 2.75) is 0 Å². The van der Waals surface area contributed by atoms with Gasteiger partial charge in [0.05, 0.1) is 18.7 Å². The Morgan fingerprint density at radius 1 is 1.26 bits per heavy atom. The molecule has 23 heavy (non-hydrogen) atoms. The van der Waals surface area contributed by atoms with Gasteiger partial charge in [-0.15, -0.1) is 0 Å². The topological polar surface area (TPSA) is 78.1 Å². The number of carbonyl (C=O) groups excluding carboxylic acids is 1. The highest BCUT2D eigenvalue weighted by atomic mass is 16.3. The summed E-state index contributed by atoms with van der Waals surface area (Å²) in [5.74, 6) is -0.297. The molecule has 1 heterocycles. The number of amides is 1. The van der Waals surface area contributed by atoms with E-state index in [2.05, 4.69) is 20.5 Å². The zero-order valence-corrected chi connectivity index (χ0v) is 12.2. The molecule has 0 spiro atoms. The minimum Gasteiger partial charge on any atom is -0.507 e. The van der Waals surface area contributed by atoms with Crippen LogP contribution < -0.4 is 10.6 Å². The Hall–Kier alpha value is -3.33. The number of phenolic OH excluding ortho intramolecular Hbond substituents is 1. The number of nitrogens with zero attached hydrogens (tertiary/aromatic N) is 2. The van der Waals surface area contributed by atoms with Gasteiger partial charge in [-0.2, -0.15) is 0 Å². The molecule has 0 atom stereocenters.